The van der Waals surface area contributed by atoms with Gasteiger partial charge in [-0.1, -0.05) is 30.5 Å². The summed E-state index contributed by atoms with van der Waals surface area (Å²) in [5, 5.41) is 0. The summed E-state index contributed by atoms with van der Waals surface area (Å²) in [6.45, 7) is 1.96. The number of nitrogens with two attached hydrogens (primary N) is 1. The average molecular weight is 311 g/mol. The van der Waals surface area contributed by atoms with Gasteiger partial charge >= 0.3 is 0 Å². The Balaban J connectivity index is 2.09. The van der Waals surface area contributed by atoms with Crippen LogP contribution in [0.4, 0.5) is 0 Å². The quantitative estimate of drug-likeness (QED) is 0.877. The molecule has 1 aliphatic carbocycles. The zero-order valence-electron chi connectivity index (χ0n) is 12.8. The molecule has 1 aliphatic rings. The third-order valence-corrected chi connectivity index (χ3v) is 6.03. The number of benzene rings is 1. The highest BCUT2D eigenvalue weighted by Crippen LogP contribution is 2.29. The molecule has 1 aromatic rings. The first-order valence-corrected chi connectivity index (χ1v) is 9.34. The van der Waals surface area contributed by atoms with E-state index in [0.717, 1.165) is 36.8 Å². The maximum Gasteiger partial charge on any atom is 0.152 e. The lowest BCUT2D eigenvalue weighted by molar-refractivity contribution is 0.406. The second-order valence-electron chi connectivity index (χ2n) is 6.08. The topological polar surface area (TPSA) is 69.4 Å². The molecule has 5 heteroatoms. The van der Waals surface area contributed by atoms with E-state index < -0.39 is 15.9 Å². The number of aryl methyl sites for hydroxylation is 1. The van der Waals surface area contributed by atoms with Gasteiger partial charge in [0.1, 0.15) is 5.75 Å². The molecule has 0 amide bonds. The maximum atomic E-state index is 12.3. The maximum absolute atomic E-state index is 12.3. The molecule has 0 radical (unpaired) electrons. The lowest BCUT2D eigenvalue weighted by Gasteiger charge is -2.18. The highest BCUT2D eigenvalue weighted by atomic mass is 32.2. The molecule has 118 valence electrons. The molecule has 1 unspecified atom stereocenters. The number of hydrogen-bond acceptors (Lipinski definition) is 4. The fourth-order valence-corrected chi connectivity index (χ4v) is 5.03. The highest BCUT2D eigenvalue weighted by Gasteiger charge is 2.26. The van der Waals surface area contributed by atoms with Crippen LogP contribution in [0.2, 0.25) is 0 Å². The van der Waals surface area contributed by atoms with Crippen molar-refractivity contribution >= 4 is 9.84 Å². The number of sulfone groups is 1. The predicted molar refractivity (Wildman–Crippen MR) is 85.3 cm³/mol. The lowest BCUT2D eigenvalue weighted by Crippen LogP contribution is -2.26. The van der Waals surface area contributed by atoms with Crippen molar-refractivity contribution in [3.8, 4) is 5.75 Å². The molecule has 21 heavy (non-hydrogen) atoms. The standard InChI is InChI=1S/C16H25NO3S/c1-12-7-8-16(20-2)14(9-12)15(17)11-21(18,19)10-13-5-3-4-6-13/h7-9,13,15H,3-6,10-11,17H2,1-2H3. The summed E-state index contributed by atoms with van der Waals surface area (Å²) >= 11 is 0. The first-order valence-electron chi connectivity index (χ1n) is 7.52. The minimum atomic E-state index is -3.13. The number of ether oxygens (including phenoxy) is 1. The van der Waals surface area contributed by atoms with Crippen LogP contribution in [0.25, 0.3) is 0 Å². The Hall–Kier alpha value is -1.07. The van der Waals surface area contributed by atoms with Gasteiger partial charge in [0.2, 0.25) is 0 Å². The Morgan fingerprint density at radius 2 is 2.00 bits per heavy atom. The monoisotopic (exact) mass is 311 g/mol. The smallest absolute Gasteiger partial charge is 0.152 e. The molecule has 1 atom stereocenters. The largest absolute Gasteiger partial charge is 0.496 e. The number of methoxy groups -OCH3 is 1. The Morgan fingerprint density at radius 1 is 1.33 bits per heavy atom. The number of hydrogen-bond donors (Lipinski definition) is 1. The molecule has 1 aromatic carbocycles. The Morgan fingerprint density at radius 3 is 2.62 bits per heavy atom. The molecule has 4 nitrogen and oxygen atoms in total. The third kappa shape index (κ3) is 4.45. The molecular weight excluding hydrogens is 286 g/mol. The van der Waals surface area contributed by atoms with Crippen LogP contribution in [0.5, 0.6) is 5.75 Å². The first kappa shape index (κ1) is 16.3. The van der Waals surface area contributed by atoms with Crippen molar-refractivity contribution in [3.63, 3.8) is 0 Å². The minimum Gasteiger partial charge on any atom is -0.496 e. The van der Waals surface area contributed by atoms with Crippen LogP contribution >= 0.6 is 0 Å². The summed E-state index contributed by atoms with van der Waals surface area (Å²) < 4.78 is 30.0. The van der Waals surface area contributed by atoms with E-state index in [9.17, 15) is 8.42 Å². The van der Waals surface area contributed by atoms with E-state index in [-0.39, 0.29) is 11.5 Å². The second-order valence-corrected chi connectivity index (χ2v) is 8.23. The van der Waals surface area contributed by atoms with E-state index in [1.54, 1.807) is 7.11 Å². The van der Waals surface area contributed by atoms with Crippen molar-refractivity contribution in [2.75, 3.05) is 18.6 Å². The molecule has 0 heterocycles. The van der Waals surface area contributed by atoms with Crippen LogP contribution in [-0.2, 0) is 9.84 Å². The van der Waals surface area contributed by atoms with E-state index in [2.05, 4.69) is 0 Å². The van der Waals surface area contributed by atoms with Crippen LogP contribution in [0.15, 0.2) is 18.2 Å². The molecule has 2 rings (SSSR count). The predicted octanol–water partition coefficient (Wildman–Crippen LogP) is 2.61. The van der Waals surface area contributed by atoms with E-state index in [0.29, 0.717) is 11.7 Å². The van der Waals surface area contributed by atoms with Crippen LogP contribution < -0.4 is 10.5 Å². The SMILES string of the molecule is COc1ccc(C)cc1C(N)CS(=O)(=O)CC1CCCC1. The average Bonchev–Trinajstić information content (AvgIpc) is 2.90. The molecule has 0 spiro atoms. The Bertz CT molecular complexity index is 577. The van der Waals surface area contributed by atoms with Crippen molar-refractivity contribution in [1.82, 2.24) is 0 Å². The zero-order valence-corrected chi connectivity index (χ0v) is 13.7. The van der Waals surface area contributed by atoms with Gasteiger partial charge in [-0.25, -0.2) is 8.42 Å². The van der Waals surface area contributed by atoms with Gasteiger partial charge in [0.25, 0.3) is 0 Å². The van der Waals surface area contributed by atoms with E-state index in [4.69, 9.17) is 10.5 Å². The third-order valence-electron chi connectivity index (χ3n) is 4.18. The van der Waals surface area contributed by atoms with E-state index in [1.165, 1.54) is 0 Å². The van der Waals surface area contributed by atoms with E-state index in [1.807, 2.05) is 25.1 Å². The second kappa shape index (κ2) is 6.79. The van der Waals surface area contributed by atoms with Crippen molar-refractivity contribution in [1.29, 1.82) is 0 Å². The summed E-state index contributed by atoms with van der Waals surface area (Å²) in [6.07, 6.45) is 4.36. The summed E-state index contributed by atoms with van der Waals surface area (Å²) in [6, 6.07) is 5.15. The van der Waals surface area contributed by atoms with Crippen LogP contribution in [0.3, 0.4) is 0 Å². The van der Waals surface area contributed by atoms with Crippen molar-refractivity contribution in [3.05, 3.63) is 29.3 Å². The fraction of sp³-hybridized carbons (Fsp3) is 0.625. The molecular formula is C16H25NO3S. The van der Waals surface area contributed by atoms with Gasteiger partial charge in [-0.05, 0) is 31.7 Å². The molecule has 0 bridgehead atoms. The summed E-state index contributed by atoms with van der Waals surface area (Å²) in [4.78, 5) is 0. The molecule has 0 aliphatic heterocycles. The number of rotatable bonds is 6. The summed E-state index contributed by atoms with van der Waals surface area (Å²) in [7, 11) is -1.55. The molecule has 0 saturated heterocycles. The van der Waals surface area contributed by atoms with Crippen LogP contribution in [0, 0.1) is 12.8 Å². The van der Waals surface area contributed by atoms with Gasteiger partial charge in [0.05, 0.1) is 18.6 Å². The Kier molecular flexibility index (Phi) is 5.27. The zero-order chi connectivity index (χ0) is 15.5. The molecule has 2 N–H and O–H groups in total. The first-order chi connectivity index (χ1) is 9.91. The van der Waals surface area contributed by atoms with Gasteiger partial charge in [0, 0.05) is 11.6 Å². The van der Waals surface area contributed by atoms with Crippen LogP contribution in [-0.4, -0.2) is 27.0 Å². The lowest BCUT2D eigenvalue weighted by atomic mass is 10.1. The summed E-state index contributed by atoms with van der Waals surface area (Å²) in [5.74, 6) is 1.24. The molecule has 1 saturated carbocycles. The fourth-order valence-electron chi connectivity index (χ4n) is 3.11. The van der Waals surface area contributed by atoms with Gasteiger partial charge in [-0.15, -0.1) is 0 Å². The van der Waals surface area contributed by atoms with Crippen molar-refractivity contribution in [2.45, 2.75) is 38.6 Å². The summed E-state index contributed by atoms with van der Waals surface area (Å²) in [5.41, 5.74) is 7.96. The van der Waals surface area contributed by atoms with Gasteiger partial charge in [-0.2, -0.15) is 0 Å². The highest BCUT2D eigenvalue weighted by molar-refractivity contribution is 7.91. The van der Waals surface area contributed by atoms with Crippen molar-refractivity contribution in [2.24, 2.45) is 11.7 Å². The van der Waals surface area contributed by atoms with Gasteiger partial charge in [0.15, 0.2) is 9.84 Å². The van der Waals surface area contributed by atoms with Gasteiger partial charge < -0.3 is 10.5 Å². The van der Waals surface area contributed by atoms with Crippen molar-refractivity contribution < 1.29 is 13.2 Å². The van der Waals surface area contributed by atoms with Gasteiger partial charge in [-0.3, -0.25) is 0 Å². The molecule has 1 fully saturated rings. The normalized spacial score (nSPS) is 17.9. The van der Waals surface area contributed by atoms with Crippen LogP contribution in [0.1, 0.15) is 42.9 Å². The van der Waals surface area contributed by atoms with E-state index >= 15 is 0 Å². The Labute approximate surface area is 127 Å². The minimum absolute atomic E-state index is 0.0106. The molecule has 0 aromatic heterocycles.